The second-order valence-electron chi connectivity index (χ2n) is 5.97. The molecule has 2 rings (SSSR count). The lowest BCUT2D eigenvalue weighted by Crippen LogP contribution is -2.40. The molecule has 0 aromatic carbocycles. The van der Waals surface area contributed by atoms with Crippen molar-refractivity contribution in [3.05, 3.63) is 11.9 Å². The van der Waals surface area contributed by atoms with Gasteiger partial charge in [-0.2, -0.15) is 0 Å². The fourth-order valence-electron chi connectivity index (χ4n) is 3.22. The van der Waals surface area contributed by atoms with Crippen LogP contribution in [0.4, 0.5) is 11.6 Å². The highest BCUT2D eigenvalue weighted by molar-refractivity contribution is 5.60. The summed E-state index contributed by atoms with van der Waals surface area (Å²) in [7, 11) is 0. The van der Waals surface area contributed by atoms with Crippen molar-refractivity contribution in [2.24, 2.45) is 5.84 Å². The van der Waals surface area contributed by atoms with Crippen molar-refractivity contribution in [2.75, 3.05) is 23.5 Å². The second kappa shape index (κ2) is 7.56. The molecule has 0 unspecified atom stereocenters. The molecule has 118 valence electrons. The Balaban J connectivity index is 2.38. The topological polar surface area (TPSA) is 87.3 Å². The van der Waals surface area contributed by atoms with E-state index in [9.17, 15) is 5.11 Å². The molecule has 0 spiro atoms. The summed E-state index contributed by atoms with van der Waals surface area (Å²) in [5, 5.41) is 9.46. The molecule has 6 heteroatoms. The number of hydrazine groups is 1. The minimum Gasteiger partial charge on any atom is -0.395 e. The predicted molar refractivity (Wildman–Crippen MR) is 85.2 cm³/mol. The van der Waals surface area contributed by atoms with Crippen LogP contribution in [0.5, 0.6) is 0 Å². The summed E-state index contributed by atoms with van der Waals surface area (Å²) >= 11 is 0. The van der Waals surface area contributed by atoms with Gasteiger partial charge < -0.3 is 15.4 Å². The van der Waals surface area contributed by atoms with Crippen molar-refractivity contribution in [1.82, 2.24) is 9.97 Å². The van der Waals surface area contributed by atoms with Crippen LogP contribution in [-0.2, 0) is 0 Å². The molecule has 21 heavy (non-hydrogen) atoms. The summed E-state index contributed by atoms with van der Waals surface area (Å²) in [6, 6.07) is 0.448. The van der Waals surface area contributed by atoms with Gasteiger partial charge in [0.05, 0.1) is 6.61 Å². The molecule has 6 nitrogen and oxygen atoms in total. The Bertz CT molecular complexity index is 446. The zero-order valence-electron chi connectivity index (χ0n) is 13.0. The van der Waals surface area contributed by atoms with Gasteiger partial charge in [0.1, 0.15) is 18.0 Å². The normalized spacial score (nSPS) is 16.2. The number of aliphatic hydroxyl groups excluding tert-OH is 1. The first-order chi connectivity index (χ1) is 10.2. The quantitative estimate of drug-likeness (QED) is 0.549. The highest BCUT2D eigenvalue weighted by atomic mass is 16.3. The summed E-state index contributed by atoms with van der Waals surface area (Å²) < 4.78 is 0. The lowest BCUT2D eigenvalue weighted by atomic mass is 9.93. The first-order valence-corrected chi connectivity index (χ1v) is 7.88. The van der Waals surface area contributed by atoms with Crippen LogP contribution in [0.15, 0.2) is 6.33 Å². The highest BCUT2D eigenvalue weighted by Crippen LogP contribution is 2.34. The highest BCUT2D eigenvalue weighted by Gasteiger charge is 2.26. The van der Waals surface area contributed by atoms with Gasteiger partial charge in [0.25, 0.3) is 0 Å². The molecule has 4 N–H and O–H groups in total. The molecule has 1 aromatic heterocycles. The van der Waals surface area contributed by atoms with E-state index in [1.54, 1.807) is 6.33 Å². The maximum absolute atomic E-state index is 9.46. The van der Waals surface area contributed by atoms with Gasteiger partial charge in [0.2, 0.25) is 0 Å². The number of rotatable bonds is 6. The number of nitrogen functional groups attached to an aromatic ring is 1. The molecule has 1 heterocycles. The van der Waals surface area contributed by atoms with Crippen LogP contribution in [0.2, 0.25) is 0 Å². The molecular formula is C15H27N5O. The Hall–Kier alpha value is -1.40. The predicted octanol–water partition coefficient (Wildman–Crippen LogP) is 2.02. The molecule has 1 aliphatic rings. The standard InChI is InChI=1S/C15H27N5O/c1-11(2)13-14(19-16)17-10-18-15(13)20(8-9-21)12-6-4-3-5-7-12/h10-12,21H,3-9,16H2,1-2H3,(H,17,18,19). The number of hydrogen-bond acceptors (Lipinski definition) is 6. The number of nitrogens with two attached hydrogens (primary N) is 1. The Morgan fingerprint density at radius 1 is 1.33 bits per heavy atom. The van der Waals surface area contributed by atoms with E-state index in [0.29, 0.717) is 18.4 Å². The Morgan fingerprint density at radius 3 is 2.62 bits per heavy atom. The van der Waals surface area contributed by atoms with Gasteiger partial charge in [0, 0.05) is 18.2 Å². The van der Waals surface area contributed by atoms with E-state index in [1.165, 1.54) is 19.3 Å². The summed E-state index contributed by atoms with van der Waals surface area (Å²) in [6.07, 6.45) is 7.66. The summed E-state index contributed by atoms with van der Waals surface area (Å²) in [5.41, 5.74) is 3.70. The number of nitrogens with zero attached hydrogens (tertiary/aromatic N) is 3. The maximum atomic E-state index is 9.46. The first kappa shape index (κ1) is 16.0. The van der Waals surface area contributed by atoms with Crippen LogP contribution in [0.3, 0.4) is 0 Å². The Kier molecular flexibility index (Phi) is 5.76. The van der Waals surface area contributed by atoms with Crippen molar-refractivity contribution < 1.29 is 5.11 Å². The summed E-state index contributed by atoms with van der Waals surface area (Å²) in [4.78, 5) is 11.0. The molecule has 1 fully saturated rings. The van der Waals surface area contributed by atoms with Crippen molar-refractivity contribution in [3.8, 4) is 0 Å². The molecule has 0 aliphatic heterocycles. The third-order valence-electron chi connectivity index (χ3n) is 4.21. The van der Waals surface area contributed by atoms with Crippen LogP contribution in [0, 0.1) is 0 Å². The van der Waals surface area contributed by atoms with Gasteiger partial charge in [-0.3, -0.25) is 0 Å². The average Bonchev–Trinajstić information content (AvgIpc) is 2.52. The molecule has 0 bridgehead atoms. The average molecular weight is 293 g/mol. The molecule has 0 saturated heterocycles. The molecule has 0 amide bonds. The van der Waals surface area contributed by atoms with Crippen LogP contribution in [0.1, 0.15) is 57.4 Å². The minimum absolute atomic E-state index is 0.128. The smallest absolute Gasteiger partial charge is 0.148 e. The van der Waals surface area contributed by atoms with Gasteiger partial charge in [-0.1, -0.05) is 33.1 Å². The van der Waals surface area contributed by atoms with E-state index in [0.717, 1.165) is 24.2 Å². The SMILES string of the molecule is CC(C)c1c(NN)ncnc1N(CCO)C1CCCCC1. The number of aromatic nitrogens is 2. The maximum Gasteiger partial charge on any atom is 0.148 e. The van der Waals surface area contributed by atoms with E-state index >= 15 is 0 Å². The van der Waals surface area contributed by atoms with Gasteiger partial charge in [-0.15, -0.1) is 0 Å². The Morgan fingerprint density at radius 2 is 2.05 bits per heavy atom. The largest absolute Gasteiger partial charge is 0.395 e. The number of nitrogens with one attached hydrogen (secondary N) is 1. The van der Waals surface area contributed by atoms with Crippen LogP contribution in [-0.4, -0.2) is 34.3 Å². The zero-order chi connectivity index (χ0) is 15.2. The Labute approximate surface area is 126 Å². The van der Waals surface area contributed by atoms with Crippen molar-refractivity contribution >= 4 is 11.6 Å². The zero-order valence-corrected chi connectivity index (χ0v) is 13.0. The molecule has 1 aliphatic carbocycles. The van der Waals surface area contributed by atoms with E-state index in [2.05, 4.69) is 34.1 Å². The summed E-state index contributed by atoms with van der Waals surface area (Å²) in [5.74, 6) is 7.45. The van der Waals surface area contributed by atoms with E-state index in [-0.39, 0.29) is 12.5 Å². The van der Waals surface area contributed by atoms with Gasteiger partial charge in [-0.05, 0) is 18.8 Å². The monoisotopic (exact) mass is 293 g/mol. The third-order valence-corrected chi connectivity index (χ3v) is 4.21. The summed E-state index contributed by atoms with van der Waals surface area (Å²) in [6.45, 7) is 4.96. The lowest BCUT2D eigenvalue weighted by Gasteiger charge is -2.36. The molecule has 0 atom stereocenters. The van der Waals surface area contributed by atoms with Crippen LogP contribution >= 0.6 is 0 Å². The third kappa shape index (κ3) is 3.63. The fraction of sp³-hybridized carbons (Fsp3) is 0.733. The molecule has 1 aromatic rings. The van der Waals surface area contributed by atoms with Crippen molar-refractivity contribution in [1.29, 1.82) is 0 Å². The molecule has 1 saturated carbocycles. The van der Waals surface area contributed by atoms with Gasteiger partial charge in [-0.25, -0.2) is 15.8 Å². The molecule has 0 radical (unpaired) electrons. The van der Waals surface area contributed by atoms with Crippen molar-refractivity contribution in [2.45, 2.75) is 57.9 Å². The van der Waals surface area contributed by atoms with E-state index < -0.39 is 0 Å². The first-order valence-electron chi connectivity index (χ1n) is 7.88. The number of hydrogen-bond donors (Lipinski definition) is 3. The van der Waals surface area contributed by atoms with Crippen LogP contribution in [0.25, 0.3) is 0 Å². The van der Waals surface area contributed by atoms with Gasteiger partial charge >= 0.3 is 0 Å². The minimum atomic E-state index is 0.128. The number of anilines is 2. The van der Waals surface area contributed by atoms with E-state index in [4.69, 9.17) is 5.84 Å². The number of aliphatic hydroxyl groups is 1. The van der Waals surface area contributed by atoms with Crippen molar-refractivity contribution in [3.63, 3.8) is 0 Å². The van der Waals surface area contributed by atoms with E-state index in [1.807, 2.05) is 0 Å². The van der Waals surface area contributed by atoms with Crippen LogP contribution < -0.4 is 16.2 Å². The molecular weight excluding hydrogens is 266 g/mol. The van der Waals surface area contributed by atoms with Gasteiger partial charge in [0.15, 0.2) is 0 Å². The second-order valence-corrected chi connectivity index (χ2v) is 5.97. The fourth-order valence-corrected chi connectivity index (χ4v) is 3.22. The lowest BCUT2D eigenvalue weighted by molar-refractivity contribution is 0.289.